The van der Waals surface area contributed by atoms with Crippen LogP contribution in [0.15, 0.2) is 30.6 Å². The first-order valence-corrected chi connectivity index (χ1v) is 7.24. The lowest BCUT2D eigenvalue weighted by Gasteiger charge is -2.23. The first kappa shape index (κ1) is 15.3. The van der Waals surface area contributed by atoms with Crippen molar-refractivity contribution in [2.24, 2.45) is 0 Å². The number of halogens is 1. The van der Waals surface area contributed by atoms with Crippen LogP contribution in [0.25, 0.3) is 11.3 Å². The Hall–Kier alpha value is -2.61. The van der Waals surface area contributed by atoms with Crippen LogP contribution in [0.3, 0.4) is 0 Å². The van der Waals surface area contributed by atoms with Crippen LogP contribution in [-0.2, 0) is 4.74 Å². The molecule has 0 aliphatic carbocycles. The van der Waals surface area contributed by atoms with Crippen molar-refractivity contribution in [3.05, 3.63) is 46.5 Å². The largest absolute Gasteiger partial charge is 0.381 e. The van der Waals surface area contributed by atoms with Gasteiger partial charge in [0.1, 0.15) is 18.0 Å². The van der Waals surface area contributed by atoms with Crippen molar-refractivity contribution in [2.45, 2.75) is 18.9 Å². The molecule has 0 unspecified atom stereocenters. The first-order chi connectivity index (χ1) is 11.1. The molecule has 0 saturated carbocycles. The zero-order valence-corrected chi connectivity index (χ0v) is 12.2. The number of benzene rings is 1. The van der Waals surface area contributed by atoms with E-state index in [1.807, 2.05) is 0 Å². The van der Waals surface area contributed by atoms with Crippen molar-refractivity contribution in [3.63, 3.8) is 0 Å². The van der Waals surface area contributed by atoms with Gasteiger partial charge in [0.15, 0.2) is 0 Å². The number of nitro benzene ring substituents is 1. The summed E-state index contributed by atoms with van der Waals surface area (Å²) in [6, 6.07) is 5.30. The maximum atomic E-state index is 13.3. The summed E-state index contributed by atoms with van der Waals surface area (Å²) in [6.45, 7) is 1.39. The number of nitrogens with zero attached hydrogens (tertiary/aromatic N) is 3. The lowest BCUT2D eigenvalue weighted by atomic mass is 10.1. The van der Waals surface area contributed by atoms with Gasteiger partial charge in [0.05, 0.1) is 22.2 Å². The monoisotopic (exact) mass is 318 g/mol. The maximum Gasteiger partial charge on any atom is 0.281 e. The molecule has 120 valence electrons. The average Bonchev–Trinajstić information content (AvgIpc) is 2.56. The third-order valence-electron chi connectivity index (χ3n) is 3.67. The van der Waals surface area contributed by atoms with E-state index in [4.69, 9.17) is 4.74 Å². The van der Waals surface area contributed by atoms with Crippen LogP contribution in [0.5, 0.6) is 0 Å². The van der Waals surface area contributed by atoms with Crippen molar-refractivity contribution in [1.29, 1.82) is 0 Å². The van der Waals surface area contributed by atoms with E-state index in [2.05, 4.69) is 15.3 Å². The summed E-state index contributed by atoms with van der Waals surface area (Å²) in [7, 11) is 0. The minimum atomic E-state index is -0.657. The van der Waals surface area contributed by atoms with Gasteiger partial charge < -0.3 is 10.1 Å². The highest BCUT2D eigenvalue weighted by Crippen LogP contribution is 2.30. The Labute approximate surface area is 131 Å². The summed E-state index contributed by atoms with van der Waals surface area (Å²) < 4.78 is 18.6. The molecule has 7 nitrogen and oxygen atoms in total. The van der Waals surface area contributed by atoms with Gasteiger partial charge in [-0.25, -0.2) is 14.4 Å². The molecule has 1 N–H and O–H groups in total. The SMILES string of the molecule is O=[N+]([O-])c1cc(F)ccc1-c1cc(NC2CCOCC2)ncn1. The zero-order valence-electron chi connectivity index (χ0n) is 12.2. The number of anilines is 1. The van der Waals surface area contributed by atoms with Crippen molar-refractivity contribution < 1.29 is 14.1 Å². The molecule has 1 aliphatic heterocycles. The highest BCUT2D eigenvalue weighted by Gasteiger charge is 2.19. The Morgan fingerprint density at radius 1 is 1.26 bits per heavy atom. The maximum absolute atomic E-state index is 13.3. The van der Waals surface area contributed by atoms with E-state index in [-0.39, 0.29) is 17.3 Å². The van der Waals surface area contributed by atoms with Crippen LogP contribution in [-0.4, -0.2) is 34.1 Å². The quantitative estimate of drug-likeness (QED) is 0.688. The van der Waals surface area contributed by atoms with Crippen molar-refractivity contribution in [3.8, 4) is 11.3 Å². The highest BCUT2D eigenvalue weighted by molar-refractivity contribution is 5.72. The van der Waals surface area contributed by atoms with Crippen LogP contribution in [0.1, 0.15) is 12.8 Å². The predicted molar refractivity (Wildman–Crippen MR) is 81.5 cm³/mol. The Kier molecular flexibility index (Phi) is 4.42. The molecule has 1 aromatic heterocycles. The first-order valence-electron chi connectivity index (χ1n) is 7.24. The van der Waals surface area contributed by atoms with Gasteiger partial charge in [0.2, 0.25) is 0 Å². The Morgan fingerprint density at radius 2 is 2.04 bits per heavy atom. The van der Waals surface area contributed by atoms with E-state index in [0.29, 0.717) is 24.7 Å². The molecular formula is C15H15FN4O3. The molecule has 3 rings (SSSR count). The number of nitrogens with one attached hydrogen (secondary N) is 1. The third kappa shape index (κ3) is 3.59. The number of nitro groups is 1. The second-order valence-corrected chi connectivity index (χ2v) is 5.24. The topological polar surface area (TPSA) is 90.2 Å². The minimum Gasteiger partial charge on any atom is -0.381 e. The normalized spacial score (nSPS) is 15.3. The molecular weight excluding hydrogens is 303 g/mol. The molecule has 1 saturated heterocycles. The van der Waals surface area contributed by atoms with Crippen molar-refractivity contribution >= 4 is 11.5 Å². The van der Waals surface area contributed by atoms with Gasteiger partial charge in [-0.2, -0.15) is 0 Å². The van der Waals surface area contributed by atoms with Crippen molar-refractivity contribution in [2.75, 3.05) is 18.5 Å². The lowest BCUT2D eigenvalue weighted by molar-refractivity contribution is -0.384. The molecule has 1 aromatic carbocycles. The summed E-state index contributed by atoms with van der Waals surface area (Å²) in [5.74, 6) is -0.0735. The van der Waals surface area contributed by atoms with Crippen LogP contribution in [0.2, 0.25) is 0 Å². The number of ether oxygens (including phenoxy) is 1. The fourth-order valence-electron chi connectivity index (χ4n) is 2.51. The van der Waals surface area contributed by atoms with Crippen LogP contribution in [0, 0.1) is 15.9 Å². The molecule has 1 aliphatic rings. The van der Waals surface area contributed by atoms with Crippen molar-refractivity contribution in [1.82, 2.24) is 9.97 Å². The summed E-state index contributed by atoms with van der Waals surface area (Å²) in [5, 5.41) is 14.4. The molecule has 0 amide bonds. The van der Waals surface area contributed by atoms with Gasteiger partial charge in [-0.1, -0.05) is 0 Å². The van der Waals surface area contributed by atoms with Crippen LogP contribution in [0.4, 0.5) is 15.9 Å². The second kappa shape index (κ2) is 6.66. The molecule has 0 spiro atoms. The molecule has 0 bridgehead atoms. The van der Waals surface area contributed by atoms with E-state index < -0.39 is 10.7 Å². The van der Waals surface area contributed by atoms with Gasteiger partial charge in [-0.15, -0.1) is 0 Å². The summed E-state index contributed by atoms with van der Waals surface area (Å²) >= 11 is 0. The Balaban J connectivity index is 1.89. The van der Waals surface area contributed by atoms with Gasteiger partial charge in [-0.3, -0.25) is 10.1 Å². The Morgan fingerprint density at radius 3 is 2.78 bits per heavy atom. The zero-order chi connectivity index (χ0) is 16.2. The van der Waals surface area contributed by atoms with E-state index in [1.165, 1.54) is 18.5 Å². The number of rotatable bonds is 4. The summed E-state index contributed by atoms with van der Waals surface area (Å²) in [4.78, 5) is 18.7. The van der Waals surface area contributed by atoms with Gasteiger partial charge in [0.25, 0.3) is 5.69 Å². The molecule has 23 heavy (non-hydrogen) atoms. The standard InChI is InChI=1S/C15H15FN4O3/c16-10-1-2-12(14(7-10)20(21)22)13-8-15(18-9-17-13)19-11-3-5-23-6-4-11/h1-2,7-9,11H,3-6H2,(H,17,18,19). The lowest BCUT2D eigenvalue weighted by Crippen LogP contribution is -2.28. The van der Waals surface area contributed by atoms with E-state index in [9.17, 15) is 14.5 Å². The predicted octanol–water partition coefficient (Wildman–Crippen LogP) is 2.78. The van der Waals surface area contributed by atoms with Gasteiger partial charge in [0, 0.05) is 25.3 Å². The molecule has 1 fully saturated rings. The fraction of sp³-hybridized carbons (Fsp3) is 0.333. The third-order valence-corrected chi connectivity index (χ3v) is 3.67. The van der Waals surface area contributed by atoms with Crippen LogP contribution >= 0.6 is 0 Å². The molecule has 0 radical (unpaired) electrons. The number of hydrogen-bond acceptors (Lipinski definition) is 6. The number of aromatic nitrogens is 2. The summed E-state index contributed by atoms with van der Waals surface area (Å²) in [5.41, 5.74) is 0.316. The number of hydrogen-bond donors (Lipinski definition) is 1. The smallest absolute Gasteiger partial charge is 0.281 e. The van der Waals surface area contributed by atoms with E-state index >= 15 is 0 Å². The van der Waals surface area contributed by atoms with Gasteiger partial charge >= 0.3 is 0 Å². The summed E-state index contributed by atoms with van der Waals surface area (Å²) in [6.07, 6.45) is 3.08. The fourth-order valence-corrected chi connectivity index (χ4v) is 2.51. The molecule has 8 heteroatoms. The molecule has 2 aromatic rings. The van der Waals surface area contributed by atoms with Gasteiger partial charge in [-0.05, 0) is 25.0 Å². The Bertz CT molecular complexity index is 720. The van der Waals surface area contributed by atoms with E-state index in [0.717, 1.165) is 18.9 Å². The second-order valence-electron chi connectivity index (χ2n) is 5.24. The minimum absolute atomic E-state index is 0.245. The van der Waals surface area contributed by atoms with Crippen LogP contribution < -0.4 is 5.32 Å². The average molecular weight is 318 g/mol. The molecule has 2 heterocycles. The molecule has 0 atom stereocenters. The highest BCUT2D eigenvalue weighted by atomic mass is 19.1. The van der Waals surface area contributed by atoms with E-state index in [1.54, 1.807) is 6.07 Å².